The molecule has 1 saturated carbocycles. The van der Waals surface area contributed by atoms with Crippen LogP contribution in [0.1, 0.15) is 57.8 Å². The number of aliphatic carboxylic acids is 1. The van der Waals surface area contributed by atoms with Gasteiger partial charge in [0.1, 0.15) is 0 Å². The number of hydrogen-bond acceptors (Lipinski definition) is 3. The first-order chi connectivity index (χ1) is 9.55. The van der Waals surface area contributed by atoms with E-state index in [9.17, 15) is 14.7 Å². The van der Waals surface area contributed by atoms with Gasteiger partial charge < -0.3 is 15.3 Å². The molecule has 0 radical (unpaired) electrons. The highest BCUT2D eigenvalue weighted by Crippen LogP contribution is 2.36. The summed E-state index contributed by atoms with van der Waals surface area (Å²) in [7, 11) is 1.80. The summed E-state index contributed by atoms with van der Waals surface area (Å²) in [5.74, 6) is -0.726. The Morgan fingerprint density at radius 1 is 1.20 bits per heavy atom. The fourth-order valence-electron chi connectivity index (χ4n) is 3.65. The van der Waals surface area contributed by atoms with Gasteiger partial charge in [-0.3, -0.25) is 9.59 Å². The number of carboxylic acids is 1. The first-order valence-electron chi connectivity index (χ1n) is 7.78. The number of carboxylic acid groups (broad SMARTS) is 1. The second-order valence-electron chi connectivity index (χ2n) is 6.26. The van der Waals surface area contributed by atoms with E-state index in [2.05, 4.69) is 5.32 Å². The minimum absolute atomic E-state index is 0.0714. The minimum Gasteiger partial charge on any atom is -0.481 e. The highest BCUT2D eigenvalue weighted by molar-refractivity contribution is 5.83. The van der Waals surface area contributed by atoms with E-state index in [1.54, 1.807) is 11.9 Å². The number of likely N-dealkylation sites (N-methyl/N-ethyl adjacent to an activating group) is 1. The Labute approximate surface area is 120 Å². The number of nitrogens with zero attached hydrogens (tertiary/aromatic N) is 1. The van der Waals surface area contributed by atoms with E-state index in [1.165, 1.54) is 0 Å². The van der Waals surface area contributed by atoms with Crippen molar-refractivity contribution in [2.24, 2.45) is 0 Å². The average molecular weight is 282 g/mol. The number of nitrogens with one attached hydrogen (secondary N) is 1. The highest BCUT2D eigenvalue weighted by Gasteiger charge is 2.42. The standard InChI is InChI=1S/C15H26N2O3/c1-17(14(20)12-7-3-6-10-16-12)15(11-13(18)19)8-4-2-5-9-15/h12,16H,2-11H2,1H3,(H,18,19)/t12-/m1/s1. The van der Waals surface area contributed by atoms with Gasteiger partial charge in [0.2, 0.25) is 5.91 Å². The maximum Gasteiger partial charge on any atom is 0.305 e. The molecule has 1 aliphatic carbocycles. The van der Waals surface area contributed by atoms with E-state index < -0.39 is 11.5 Å². The summed E-state index contributed by atoms with van der Waals surface area (Å²) in [6, 6.07) is -0.124. The SMILES string of the molecule is CN(C(=O)[C@H]1CCCCN1)C1(CC(=O)O)CCCCC1. The fraction of sp³-hybridized carbons (Fsp3) is 0.867. The zero-order chi connectivity index (χ0) is 14.6. The van der Waals surface area contributed by atoms with Gasteiger partial charge in [-0.25, -0.2) is 0 Å². The number of hydrogen-bond donors (Lipinski definition) is 2. The van der Waals surface area contributed by atoms with E-state index in [0.717, 1.165) is 57.9 Å². The fourth-order valence-corrected chi connectivity index (χ4v) is 3.65. The number of carbonyl (C=O) groups is 2. The summed E-state index contributed by atoms with van der Waals surface area (Å²) < 4.78 is 0. The Hall–Kier alpha value is -1.10. The second kappa shape index (κ2) is 6.57. The topological polar surface area (TPSA) is 69.6 Å². The molecule has 114 valence electrons. The summed E-state index contributed by atoms with van der Waals surface area (Å²) in [5.41, 5.74) is -0.472. The molecular weight excluding hydrogens is 256 g/mol. The molecule has 5 nitrogen and oxygen atoms in total. The van der Waals surface area contributed by atoms with E-state index in [4.69, 9.17) is 0 Å². The van der Waals surface area contributed by atoms with Crippen LogP contribution in [0.2, 0.25) is 0 Å². The molecule has 0 unspecified atom stereocenters. The molecule has 2 rings (SSSR count). The largest absolute Gasteiger partial charge is 0.481 e. The molecule has 5 heteroatoms. The first-order valence-corrected chi connectivity index (χ1v) is 7.78. The molecule has 1 heterocycles. The summed E-state index contributed by atoms with van der Waals surface area (Å²) in [6.45, 7) is 0.885. The molecule has 0 aromatic heterocycles. The highest BCUT2D eigenvalue weighted by atomic mass is 16.4. The molecule has 1 aliphatic heterocycles. The van der Waals surface area contributed by atoms with Crippen LogP contribution in [0.4, 0.5) is 0 Å². The van der Waals surface area contributed by atoms with Crippen molar-refractivity contribution in [2.75, 3.05) is 13.6 Å². The van der Waals surface area contributed by atoms with Crippen LogP contribution >= 0.6 is 0 Å². The van der Waals surface area contributed by atoms with Crippen LogP contribution in [0.3, 0.4) is 0 Å². The van der Waals surface area contributed by atoms with Crippen molar-refractivity contribution < 1.29 is 14.7 Å². The molecule has 2 aliphatic rings. The van der Waals surface area contributed by atoms with Gasteiger partial charge in [0.15, 0.2) is 0 Å². The lowest BCUT2D eigenvalue weighted by atomic mass is 9.77. The number of amides is 1. The van der Waals surface area contributed by atoms with Gasteiger partial charge in [0.05, 0.1) is 18.0 Å². The third-order valence-electron chi connectivity index (χ3n) is 4.92. The lowest BCUT2D eigenvalue weighted by molar-refractivity contribution is -0.147. The lowest BCUT2D eigenvalue weighted by Crippen LogP contribution is -2.57. The van der Waals surface area contributed by atoms with Crippen LogP contribution in [-0.2, 0) is 9.59 Å². The number of carbonyl (C=O) groups excluding carboxylic acids is 1. The van der Waals surface area contributed by atoms with Crippen LogP contribution in [-0.4, -0.2) is 47.1 Å². The van der Waals surface area contributed by atoms with E-state index in [-0.39, 0.29) is 18.4 Å². The van der Waals surface area contributed by atoms with Crippen molar-refractivity contribution >= 4 is 11.9 Å². The van der Waals surface area contributed by atoms with Crippen molar-refractivity contribution in [1.29, 1.82) is 0 Å². The van der Waals surface area contributed by atoms with Crippen LogP contribution in [0, 0.1) is 0 Å². The maximum atomic E-state index is 12.7. The maximum absolute atomic E-state index is 12.7. The van der Waals surface area contributed by atoms with Gasteiger partial charge in [-0.2, -0.15) is 0 Å². The van der Waals surface area contributed by atoms with Gasteiger partial charge in [-0.1, -0.05) is 25.7 Å². The van der Waals surface area contributed by atoms with Crippen molar-refractivity contribution in [1.82, 2.24) is 10.2 Å². The quantitative estimate of drug-likeness (QED) is 0.824. The molecule has 1 amide bonds. The van der Waals surface area contributed by atoms with Gasteiger partial charge in [-0.05, 0) is 32.2 Å². The summed E-state index contributed by atoms with van der Waals surface area (Å²) in [4.78, 5) is 25.6. The van der Waals surface area contributed by atoms with E-state index >= 15 is 0 Å². The number of rotatable bonds is 4. The summed E-state index contributed by atoms with van der Waals surface area (Å²) in [5, 5.41) is 12.5. The Balaban J connectivity index is 2.10. The van der Waals surface area contributed by atoms with E-state index in [1.807, 2.05) is 0 Å². The van der Waals surface area contributed by atoms with Gasteiger partial charge in [0.25, 0.3) is 0 Å². The Bertz CT molecular complexity index is 358. The van der Waals surface area contributed by atoms with Crippen LogP contribution in [0.15, 0.2) is 0 Å². The molecule has 2 N–H and O–H groups in total. The molecule has 1 atom stereocenters. The zero-order valence-electron chi connectivity index (χ0n) is 12.4. The molecule has 1 saturated heterocycles. The second-order valence-corrected chi connectivity index (χ2v) is 6.26. The molecule has 0 aromatic carbocycles. The third-order valence-corrected chi connectivity index (χ3v) is 4.92. The Kier molecular flexibility index (Phi) is 5.02. The molecular formula is C15H26N2O3. The third kappa shape index (κ3) is 3.32. The van der Waals surface area contributed by atoms with Crippen molar-refractivity contribution in [3.8, 4) is 0 Å². The Morgan fingerprint density at radius 3 is 2.45 bits per heavy atom. The van der Waals surface area contributed by atoms with Gasteiger partial charge >= 0.3 is 5.97 Å². The van der Waals surface area contributed by atoms with Gasteiger partial charge in [-0.15, -0.1) is 0 Å². The zero-order valence-corrected chi connectivity index (χ0v) is 12.4. The predicted molar refractivity (Wildman–Crippen MR) is 76.5 cm³/mol. The van der Waals surface area contributed by atoms with Crippen LogP contribution in [0.5, 0.6) is 0 Å². The van der Waals surface area contributed by atoms with Crippen molar-refractivity contribution in [3.05, 3.63) is 0 Å². The smallest absolute Gasteiger partial charge is 0.305 e. The average Bonchev–Trinajstić information content (AvgIpc) is 2.47. The molecule has 20 heavy (non-hydrogen) atoms. The van der Waals surface area contributed by atoms with Crippen LogP contribution < -0.4 is 5.32 Å². The molecule has 2 fully saturated rings. The van der Waals surface area contributed by atoms with E-state index in [0.29, 0.717) is 0 Å². The normalized spacial score (nSPS) is 25.9. The molecule has 0 bridgehead atoms. The monoisotopic (exact) mass is 282 g/mol. The Morgan fingerprint density at radius 2 is 1.90 bits per heavy atom. The lowest BCUT2D eigenvalue weighted by Gasteiger charge is -2.45. The molecule has 0 aromatic rings. The van der Waals surface area contributed by atoms with Crippen LogP contribution in [0.25, 0.3) is 0 Å². The minimum atomic E-state index is -0.803. The summed E-state index contributed by atoms with van der Waals surface area (Å²) in [6.07, 6.45) is 7.94. The number of piperidine rings is 1. The predicted octanol–water partition coefficient (Wildman–Crippen LogP) is 1.76. The van der Waals surface area contributed by atoms with Crippen molar-refractivity contribution in [2.45, 2.75) is 69.4 Å². The summed E-state index contributed by atoms with van der Waals surface area (Å²) >= 11 is 0. The van der Waals surface area contributed by atoms with Crippen molar-refractivity contribution in [3.63, 3.8) is 0 Å². The molecule has 0 spiro atoms. The van der Waals surface area contributed by atoms with Gasteiger partial charge in [0, 0.05) is 7.05 Å². The first kappa shape index (κ1) is 15.3.